The summed E-state index contributed by atoms with van der Waals surface area (Å²) >= 11 is 0.933. The maximum Gasteiger partial charge on any atom is 0.160 e. The molecule has 1 aliphatic rings. The summed E-state index contributed by atoms with van der Waals surface area (Å²) in [5.41, 5.74) is 6.67. The first kappa shape index (κ1) is 14.8. The lowest BCUT2D eigenvalue weighted by molar-refractivity contribution is 0.372. The van der Waals surface area contributed by atoms with E-state index in [1.165, 1.54) is 13.2 Å². The third kappa shape index (κ3) is 2.51. The van der Waals surface area contributed by atoms with Gasteiger partial charge in [-0.15, -0.1) is 0 Å². The number of hydrogen-bond donors (Lipinski definition) is 3. The number of methoxy groups -OCH3 is 1. The second-order valence-corrected chi connectivity index (χ2v) is 5.46. The minimum absolute atomic E-state index is 0.0366. The van der Waals surface area contributed by atoms with Crippen molar-refractivity contribution in [2.45, 2.75) is 5.92 Å². The summed E-state index contributed by atoms with van der Waals surface area (Å²) in [6.45, 7) is 0. The molecule has 7 heteroatoms. The molecule has 0 bridgehead atoms. The zero-order valence-electron chi connectivity index (χ0n) is 11.1. The van der Waals surface area contributed by atoms with Gasteiger partial charge in [-0.3, -0.25) is 5.41 Å². The molecule has 0 aliphatic carbocycles. The number of rotatable bonds is 2. The van der Waals surface area contributed by atoms with E-state index in [9.17, 15) is 15.6 Å². The van der Waals surface area contributed by atoms with Gasteiger partial charge in [-0.25, -0.2) is 0 Å². The minimum atomic E-state index is -0.786. The van der Waals surface area contributed by atoms with Gasteiger partial charge in [0.2, 0.25) is 0 Å². The molecule has 1 heterocycles. The molecular weight excluding hydrogens is 288 g/mol. The highest BCUT2D eigenvalue weighted by Crippen LogP contribution is 2.44. The topological polar surface area (TPSA) is 127 Å². The van der Waals surface area contributed by atoms with Gasteiger partial charge in [0, 0.05) is 5.92 Å². The van der Waals surface area contributed by atoms with Crippen molar-refractivity contribution in [1.82, 2.24) is 0 Å². The van der Waals surface area contributed by atoms with E-state index in [0.29, 0.717) is 5.56 Å². The summed E-state index contributed by atoms with van der Waals surface area (Å²) < 4.78 is 5.05. The second-order valence-electron chi connectivity index (χ2n) is 4.37. The van der Waals surface area contributed by atoms with Crippen molar-refractivity contribution in [2.24, 2.45) is 11.7 Å². The Kier molecular flexibility index (Phi) is 4.06. The van der Waals surface area contributed by atoms with Gasteiger partial charge in [0.25, 0.3) is 0 Å². The number of thioether (sulfide) groups is 1. The first-order valence-corrected chi connectivity index (χ1v) is 6.77. The molecule has 1 aromatic carbocycles. The standard InChI is InChI=1S/C14H12N4O2S/c1-20-11-4-7(2-3-10(11)19)12-8(5-15)13(17)21-14(18)9(12)6-16/h2-4,8,12,17,19H,18H2,1H3/t8-,12+/m0/s1. The Bertz CT molecular complexity index is 715. The van der Waals surface area contributed by atoms with Gasteiger partial charge in [-0.1, -0.05) is 17.8 Å². The molecule has 2 atom stereocenters. The summed E-state index contributed by atoms with van der Waals surface area (Å²) in [5, 5.41) is 36.5. The SMILES string of the molecule is COc1cc([C@H]2C(C#N)=C(N)SC(=N)[C@H]2C#N)ccc1O. The van der Waals surface area contributed by atoms with Gasteiger partial charge in [0.05, 0.1) is 34.9 Å². The predicted octanol–water partition coefficient (Wildman–Crippen LogP) is 2.04. The molecule has 6 nitrogen and oxygen atoms in total. The average molecular weight is 300 g/mol. The highest BCUT2D eigenvalue weighted by Gasteiger charge is 2.37. The lowest BCUT2D eigenvalue weighted by Gasteiger charge is -2.28. The van der Waals surface area contributed by atoms with Gasteiger partial charge in [0.15, 0.2) is 11.5 Å². The van der Waals surface area contributed by atoms with Gasteiger partial charge in [-0.2, -0.15) is 10.5 Å². The summed E-state index contributed by atoms with van der Waals surface area (Å²) in [5.74, 6) is -1.22. The number of aromatic hydroxyl groups is 1. The Labute approximate surface area is 125 Å². The van der Waals surface area contributed by atoms with Gasteiger partial charge in [-0.05, 0) is 17.7 Å². The lowest BCUT2D eigenvalue weighted by Crippen LogP contribution is -2.26. The molecule has 0 unspecified atom stereocenters. The van der Waals surface area contributed by atoms with Crippen LogP contribution in [-0.2, 0) is 0 Å². The fraction of sp³-hybridized carbons (Fsp3) is 0.214. The van der Waals surface area contributed by atoms with Gasteiger partial charge >= 0.3 is 0 Å². The fourth-order valence-electron chi connectivity index (χ4n) is 2.21. The van der Waals surface area contributed by atoms with E-state index < -0.39 is 11.8 Å². The van der Waals surface area contributed by atoms with Crippen molar-refractivity contribution in [1.29, 1.82) is 15.9 Å². The Morgan fingerprint density at radius 3 is 2.71 bits per heavy atom. The highest BCUT2D eigenvalue weighted by atomic mass is 32.2. The van der Waals surface area contributed by atoms with Crippen LogP contribution in [0.3, 0.4) is 0 Å². The molecule has 2 rings (SSSR count). The van der Waals surface area contributed by atoms with Crippen molar-refractivity contribution in [2.75, 3.05) is 7.11 Å². The maximum atomic E-state index is 9.65. The van der Waals surface area contributed by atoms with Crippen LogP contribution in [0, 0.1) is 34.0 Å². The van der Waals surface area contributed by atoms with Crippen molar-refractivity contribution in [3.05, 3.63) is 34.4 Å². The third-order valence-corrected chi connectivity index (χ3v) is 4.15. The average Bonchev–Trinajstić information content (AvgIpc) is 2.47. The number of phenols is 1. The molecule has 4 N–H and O–H groups in total. The van der Waals surface area contributed by atoms with Gasteiger partial charge in [0.1, 0.15) is 5.92 Å². The van der Waals surface area contributed by atoms with Crippen LogP contribution in [0.25, 0.3) is 0 Å². The molecule has 0 amide bonds. The molecule has 0 aromatic heterocycles. The number of hydrogen-bond acceptors (Lipinski definition) is 7. The number of phenolic OH excluding ortho intramolecular Hbond substituents is 1. The number of nitrogens with two attached hydrogens (primary N) is 1. The number of nitrogens with zero attached hydrogens (tertiary/aromatic N) is 2. The number of benzene rings is 1. The number of ether oxygens (including phenoxy) is 1. The first-order chi connectivity index (χ1) is 10.0. The highest BCUT2D eigenvalue weighted by molar-refractivity contribution is 8.17. The number of allylic oxidation sites excluding steroid dienone is 1. The van der Waals surface area contributed by atoms with Crippen LogP contribution in [0.1, 0.15) is 11.5 Å². The Morgan fingerprint density at radius 1 is 1.43 bits per heavy atom. The normalized spacial score (nSPS) is 21.6. The predicted molar refractivity (Wildman–Crippen MR) is 78.6 cm³/mol. The molecule has 21 heavy (non-hydrogen) atoms. The zero-order valence-corrected chi connectivity index (χ0v) is 11.9. The molecule has 0 spiro atoms. The van der Waals surface area contributed by atoms with Crippen LogP contribution in [0.15, 0.2) is 28.8 Å². The smallest absolute Gasteiger partial charge is 0.160 e. The van der Waals surface area contributed by atoms with E-state index in [-0.39, 0.29) is 27.1 Å². The van der Waals surface area contributed by atoms with Crippen molar-refractivity contribution in [3.8, 4) is 23.6 Å². The van der Waals surface area contributed by atoms with Crippen LogP contribution in [-0.4, -0.2) is 17.3 Å². The molecule has 0 fully saturated rings. The fourth-order valence-corrected chi connectivity index (χ4v) is 3.05. The summed E-state index contributed by atoms with van der Waals surface area (Å²) in [6, 6.07) is 8.65. The quantitative estimate of drug-likeness (QED) is 0.767. The van der Waals surface area contributed by atoms with Crippen LogP contribution < -0.4 is 10.5 Å². The largest absolute Gasteiger partial charge is 0.504 e. The summed E-state index contributed by atoms with van der Waals surface area (Å²) in [4.78, 5) is 0. The first-order valence-electron chi connectivity index (χ1n) is 5.96. The molecular formula is C14H12N4O2S. The van der Waals surface area contributed by atoms with Crippen molar-refractivity contribution < 1.29 is 9.84 Å². The van der Waals surface area contributed by atoms with E-state index in [2.05, 4.69) is 0 Å². The monoisotopic (exact) mass is 300 g/mol. The van der Waals surface area contributed by atoms with E-state index in [0.717, 1.165) is 11.8 Å². The summed E-state index contributed by atoms with van der Waals surface area (Å²) in [7, 11) is 1.41. The molecule has 1 aromatic rings. The number of nitrogens with one attached hydrogen (secondary N) is 1. The minimum Gasteiger partial charge on any atom is -0.504 e. The Morgan fingerprint density at radius 2 is 2.14 bits per heavy atom. The molecule has 0 saturated carbocycles. The zero-order chi connectivity index (χ0) is 15.6. The summed E-state index contributed by atoms with van der Waals surface area (Å²) in [6.07, 6.45) is 0. The lowest BCUT2D eigenvalue weighted by atomic mass is 9.81. The van der Waals surface area contributed by atoms with Crippen LogP contribution >= 0.6 is 11.8 Å². The van der Waals surface area contributed by atoms with Crippen molar-refractivity contribution in [3.63, 3.8) is 0 Å². The van der Waals surface area contributed by atoms with Crippen LogP contribution in [0.2, 0.25) is 0 Å². The molecule has 0 radical (unpaired) electrons. The Balaban J connectivity index is 2.62. The Hall–Kier alpha value is -2.64. The van der Waals surface area contributed by atoms with Crippen LogP contribution in [0.4, 0.5) is 0 Å². The molecule has 106 valence electrons. The maximum absolute atomic E-state index is 9.65. The van der Waals surface area contributed by atoms with E-state index in [1.807, 2.05) is 12.1 Å². The van der Waals surface area contributed by atoms with Crippen molar-refractivity contribution >= 4 is 16.8 Å². The van der Waals surface area contributed by atoms with E-state index in [4.69, 9.17) is 15.9 Å². The van der Waals surface area contributed by atoms with E-state index in [1.54, 1.807) is 12.1 Å². The molecule has 1 aliphatic heterocycles. The van der Waals surface area contributed by atoms with E-state index >= 15 is 0 Å². The van der Waals surface area contributed by atoms with Gasteiger partial charge < -0.3 is 15.6 Å². The van der Waals surface area contributed by atoms with Crippen LogP contribution in [0.5, 0.6) is 11.5 Å². The second kappa shape index (κ2) is 5.78. The third-order valence-electron chi connectivity index (χ3n) is 3.23. The number of nitriles is 2. The molecule has 0 saturated heterocycles.